The molecule has 2 saturated heterocycles. The van der Waals surface area contributed by atoms with Crippen molar-refractivity contribution in [3.63, 3.8) is 0 Å². The molecule has 0 atom stereocenters. The van der Waals surface area contributed by atoms with E-state index in [-0.39, 0.29) is 0 Å². The van der Waals surface area contributed by atoms with Crippen molar-refractivity contribution in [1.29, 1.82) is 0 Å². The summed E-state index contributed by atoms with van der Waals surface area (Å²) in [5.41, 5.74) is 4.99. The maximum Gasteiger partial charge on any atom is 0.229 e. The molecule has 1 aromatic heterocycles. The van der Waals surface area contributed by atoms with Crippen molar-refractivity contribution in [2.75, 3.05) is 67.8 Å². The Morgan fingerprint density at radius 2 is 1.61 bits per heavy atom. The maximum atomic E-state index is 6.04. The van der Waals surface area contributed by atoms with Crippen molar-refractivity contribution in [2.24, 2.45) is 5.10 Å². The van der Waals surface area contributed by atoms with Gasteiger partial charge in [0.05, 0.1) is 32.6 Å². The van der Waals surface area contributed by atoms with Gasteiger partial charge in [-0.05, 0) is 29.8 Å². The van der Waals surface area contributed by atoms with Crippen LogP contribution < -0.4 is 20.0 Å². The number of hydrazone groups is 1. The average Bonchev–Trinajstić information content (AvgIpc) is 2.94. The Labute approximate surface area is 215 Å². The van der Waals surface area contributed by atoms with E-state index in [0.717, 1.165) is 48.9 Å². The first-order valence-electron chi connectivity index (χ1n) is 12.0. The van der Waals surface area contributed by atoms with Gasteiger partial charge in [-0.25, -0.2) is 0 Å². The van der Waals surface area contributed by atoms with Gasteiger partial charge in [0.15, 0.2) is 5.82 Å². The molecule has 0 spiro atoms. The molecule has 1 N–H and O–H groups in total. The molecule has 2 fully saturated rings. The number of benzene rings is 2. The third kappa shape index (κ3) is 6.42. The minimum absolute atomic E-state index is 0.438. The third-order valence-corrected chi connectivity index (χ3v) is 6.19. The van der Waals surface area contributed by atoms with E-state index in [9.17, 15) is 0 Å². The van der Waals surface area contributed by atoms with E-state index in [1.54, 1.807) is 6.21 Å². The zero-order chi connectivity index (χ0) is 24.6. The normalized spacial score (nSPS) is 16.4. The highest BCUT2D eigenvalue weighted by atomic mass is 35.5. The molecule has 0 bridgehead atoms. The quantitative estimate of drug-likeness (QED) is 0.363. The highest BCUT2D eigenvalue weighted by Gasteiger charge is 2.19. The minimum Gasteiger partial charge on any atom is -0.488 e. The zero-order valence-electron chi connectivity index (χ0n) is 20.0. The number of hydrogen-bond acceptors (Lipinski definition) is 9. The van der Waals surface area contributed by atoms with Crippen LogP contribution in [-0.2, 0) is 16.1 Å². The fourth-order valence-electron chi connectivity index (χ4n) is 3.97. The van der Waals surface area contributed by atoms with Gasteiger partial charge in [-0.2, -0.15) is 15.1 Å². The van der Waals surface area contributed by atoms with Gasteiger partial charge >= 0.3 is 0 Å². The predicted molar refractivity (Wildman–Crippen MR) is 142 cm³/mol. The van der Waals surface area contributed by atoms with Crippen LogP contribution in [0.5, 0.6) is 5.75 Å². The summed E-state index contributed by atoms with van der Waals surface area (Å²) in [4.78, 5) is 13.9. The fraction of sp³-hybridized carbons (Fsp3) is 0.346. The molecule has 0 amide bonds. The largest absolute Gasteiger partial charge is 0.488 e. The predicted octanol–water partition coefficient (Wildman–Crippen LogP) is 3.83. The molecule has 2 aliphatic rings. The second kappa shape index (κ2) is 12.0. The molecule has 2 aliphatic heterocycles. The number of ether oxygens (including phenoxy) is 3. The van der Waals surface area contributed by atoms with Crippen LogP contribution in [0, 0.1) is 0 Å². The van der Waals surface area contributed by atoms with Gasteiger partial charge in [0.1, 0.15) is 18.2 Å². The summed E-state index contributed by atoms with van der Waals surface area (Å²) in [7, 11) is 0. The van der Waals surface area contributed by atoms with E-state index in [0.29, 0.717) is 49.8 Å². The van der Waals surface area contributed by atoms with Crippen LogP contribution in [0.15, 0.2) is 59.7 Å². The van der Waals surface area contributed by atoms with Crippen LogP contribution in [0.1, 0.15) is 11.1 Å². The van der Waals surface area contributed by atoms with Crippen LogP contribution in [0.4, 0.5) is 17.6 Å². The molecule has 36 heavy (non-hydrogen) atoms. The van der Waals surface area contributed by atoms with Gasteiger partial charge in [-0.3, -0.25) is 5.43 Å². The SMILES string of the molecule is Clc1ccc(COc2ccccc2C=NNc2cc(N3CCOCC3)nc(N3CCOCC3)n2)cc1. The van der Waals surface area contributed by atoms with Gasteiger partial charge in [0, 0.05) is 42.8 Å². The van der Waals surface area contributed by atoms with Crippen molar-refractivity contribution < 1.29 is 14.2 Å². The second-order valence-corrected chi connectivity index (χ2v) is 8.87. The molecule has 10 heteroatoms. The van der Waals surface area contributed by atoms with E-state index in [2.05, 4.69) is 20.3 Å². The summed E-state index contributed by atoms with van der Waals surface area (Å²) < 4.78 is 17.0. The molecule has 0 unspecified atom stereocenters. The molecule has 0 aliphatic carbocycles. The molecule has 0 radical (unpaired) electrons. The second-order valence-electron chi connectivity index (χ2n) is 8.43. The number of para-hydroxylation sites is 1. The molecule has 188 valence electrons. The van der Waals surface area contributed by atoms with E-state index < -0.39 is 0 Å². The van der Waals surface area contributed by atoms with Crippen molar-refractivity contribution in [2.45, 2.75) is 6.61 Å². The lowest BCUT2D eigenvalue weighted by atomic mass is 10.2. The summed E-state index contributed by atoms with van der Waals surface area (Å²) in [5.74, 6) is 2.90. The number of halogens is 1. The lowest BCUT2D eigenvalue weighted by Gasteiger charge is -2.31. The first-order chi connectivity index (χ1) is 17.7. The first kappa shape index (κ1) is 24.3. The molecule has 3 heterocycles. The maximum absolute atomic E-state index is 6.04. The van der Waals surface area contributed by atoms with Crippen molar-refractivity contribution in [3.8, 4) is 5.75 Å². The highest BCUT2D eigenvalue weighted by Crippen LogP contribution is 2.23. The Balaban J connectivity index is 1.31. The van der Waals surface area contributed by atoms with Crippen molar-refractivity contribution >= 4 is 35.4 Å². The van der Waals surface area contributed by atoms with Crippen LogP contribution in [0.25, 0.3) is 0 Å². The lowest BCUT2D eigenvalue weighted by molar-refractivity contribution is 0.121. The summed E-state index contributed by atoms with van der Waals surface area (Å²) in [6, 6.07) is 17.3. The number of hydrogen-bond donors (Lipinski definition) is 1. The number of anilines is 3. The Morgan fingerprint density at radius 3 is 2.36 bits per heavy atom. The molecular weight excluding hydrogens is 480 g/mol. The number of nitrogens with zero attached hydrogens (tertiary/aromatic N) is 5. The standard InChI is InChI=1S/C26H29ClN6O3/c27-22-7-5-20(6-8-22)19-36-23-4-2-1-3-21(23)18-28-31-24-17-25(32-9-13-34-14-10-32)30-26(29-24)33-11-15-35-16-12-33/h1-8,17-18H,9-16,19H2,(H,29,30,31). The molecule has 0 saturated carbocycles. The Bertz CT molecular complexity index is 1130. The molecule has 3 aromatic rings. The summed E-state index contributed by atoms with van der Waals surface area (Å²) in [6.45, 7) is 6.24. The van der Waals surface area contributed by atoms with Gasteiger partial charge in [-0.15, -0.1) is 0 Å². The van der Waals surface area contributed by atoms with E-state index >= 15 is 0 Å². The Kier molecular flexibility index (Phi) is 8.12. The van der Waals surface area contributed by atoms with Crippen LogP contribution in [0.2, 0.25) is 5.02 Å². The number of rotatable bonds is 8. The van der Waals surface area contributed by atoms with Crippen LogP contribution >= 0.6 is 11.6 Å². The van der Waals surface area contributed by atoms with Crippen molar-refractivity contribution in [1.82, 2.24) is 9.97 Å². The zero-order valence-corrected chi connectivity index (χ0v) is 20.7. The van der Waals surface area contributed by atoms with Crippen molar-refractivity contribution in [3.05, 3.63) is 70.7 Å². The Hall–Kier alpha value is -3.40. The topological polar surface area (TPSA) is 84.3 Å². The number of morpholine rings is 2. The van der Waals surface area contributed by atoms with Gasteiger partial charge in [0.25, 0.3) is 0 Å². The van der Waals surface area contributed by atoms with E-state index in [4.69, 9.17) is 35.8 Å². The third-order valence-electron chi connectivity index (χ3n) is 5.94. The van der Waals surface area contributed by atoms with Crippen LogP contribution in [-0.4, -0.2) is 68.8 Å². The highest BCUT2D eigenvalue weighted by molar-refractivity contribution is 6.30. The number of nitrogens with one attached hydrogen (secondary N) is 1. The monoisotopic (exact) mass is 508 g/mol. The van der Waals surface area contributed by atoms with Gasteiger partial charge < -0.3 is 24.0 Å². The molecular formula is C26H29ClN6O3. The molecule has 9 nitrogen and oxygen atoms in total. The summed E-state index contributed by atoms with van der Waals surface area (Å²) in [5, 5.41) is 5.17. The van der Waals surface area contributed by atoms with E-state index in [1.807, 2.05) is 54.6 Å². The fourth-order valence-corrected chi connectivity index (χ4v) is 4.09. The smallest absolute Gasteiger partial charge is 0.229 e. The number of aromatic nitrogens is 2. The first-order valence-corrected chi connectivity index (χ1v) is 12.4. The average molecular weight is 509 g/mol. The molecule has 5 rings (SSSR count). The lowest BCUT2D eigenvalue weighted by Crippen LogP contribution is -2.39. The van der Waals surface area contributed by atoms with E-state index in [1.165, 1.54) is 0 Å². The summed E-state index contributed by atoms with van der Waals surface area (Å²) >= 11 is 5.98. The van der Waals surface area contributed by atoms with Gasteiger partial charge in [0.2, 0.25) is 5.95 Å². The van der Waals surface area contributed by atoms with Crippen LogP contribution in [0.3, 0.4) is 0 Å². The molecule has 2 aromatic carbocycles. The van der Waals surface area contributed by atoms with Gasteiger partial charge in [-0.1, -0.05) is 35.9 Å². The minimum atomic E-state index is 0.438. The Morgan fingerprint density at radius 1 is 0.917 bits per heavy atom. The summed E-state index contributed by atoms with van der Waals surface area (Å²) in [6.07, 6.45) is 1.74.